The van der Waals surface area contributed by atoms with Crippen LogP contribution < -0.4 is 5.32 Å². The first-order chi connectivity index (χ1) is 7.50. The zero-order valence-corrected chi connectivity index (χ0v) is 10.8. The maximum absolute atomic E-state index is 13.5. The molecule has 0 fully saturated rings. The minimum atomic E-state index is -1.12. The Balaban J connectivity index is 2.64. The molecule has 0 bridgehead atoms. The van der Waals surface area contributed by atoms with Gasteiger partial charge >= 0.3 is 5.97 Å². The van der Waals surface area contributed by atoms with Gasteiger partial charge in [0, 0.05) is 16.7 Å². The normalized spacial score (nSPS) is 18.8. The second-order valence-electron chi connectivity index (χ2n) is 3.59. The summed E-state index contributed by atoms with van der Waals surface area (Å²) in [7, 11) is 0. The Hall–Kier alpha value is -0.750. The number of rotatable bonds is 1. The van der Waals surface area contributed by atoms with Crippen LogP contribution in [-0.2, 0) is 0 Å². The van der Waals surface area contributed by atoms with Crippen molar-refractivity contribution < 1.29 is 14.3 Å². The average Bonchev–Trinajstić information content (AvgIpc) is 2.22. The van der Waals surface area contributed by atoms with Crippen LogP contribution in [0.2, 0.25) is 0 Å². The number of halogens is 2. The average molecular weight is 306 g/mol. The van der Waals surface area contributed by atoms with Gasteiger partial charge in [-0.25, -0.2) is 9.18 Å². The van der Waals surface area contributed by atoms with E-state index < -0.39 is 11.8 Å². The van der Waals surface area contributed by atoms with E-state index in [0.29, 0.717) is 15.1 Å². The van der Waals surface area contributed by atoms with Gasteiger partial charge in [-0.3, -0.25) is 0 Å². The lowest BCUT2D eigenvalue weighted by Crippen LogP contribution is -2.24. The molecule has 1 heterocycles. The molecule has 0 radical (unpaired) electrons. The van der Waals surface area contributed by atoms with E-state index in [1.54, 1.807) is 0 Å². The summed E-state index contributed by atoms with van der Waals surface area (Å²) in [5.74, 6) is -0.876. The van der Waals surface area contributed by atoms with E-state index in [0.717, 1.165) is 11.8 Å². The third kappa shape index (κ3) is 1.91. The fourth-order valence-electron chi connectivity index (χ4n) is 1.55. The number of fused-ring (bicyclic) bond motifs is 1. The van der Waals surface area contributed by atoms with Crippen LogP contribution in [0.15, 0.2) is 15.4 Å². The van der Waals surface area contributed by atoms with Gasteiger partial charge in [0.25, 0.3) is 0 Å². The molecule has 16 heavy (non-hydrogen) atoms. The molecule has 0 spiro atoms. The Morgan fingerprint density at radius 2 is 2.44 bits per heavy atom. The predicted octanol–water partition coefficient (Wildman–Crippen LogP) is 3.19. The third-order valence-electron chi connectivity index (χ3n) is 2.28. The molecular weight excluding hydrogens is 297 g/mol. The smallest absolute Gasteiger partial charge is 0.337 e. The quantitative estimate of drug-likeness (QED) is 0.836. The fraction of sp³-hybridized carbons (Fsp3) is 0.300. The number of carboxylic acid groups (broad SMARTS) is 1. The van der Waals surface area contributed by atoms with Gasteiger partial charge < -0.3 is 10.4 Å². The van der Waals surface area contributed by atoms with E-state index >= 15 is 0 Å². The van der Waals surface area contributed by atoms with Gasteiger partial charge in [-0.2, -0.15) is 0 Å². The SMILES string of the molecule is C[C@H]1CSc2c(Br)c(F)cc(C(=O)O)c2N1. The number of thioether (sulfide) groups is 1. The second-order valence-corrected chi connectivity index (χ2v) is 5.41. The highest BCUT2D eigenvalue weighted by Gasteiger charge is 2.25. The van der Waals surface area contributed by atoms with Gasteiger partial charge in [-0.1, -0.05) is 0 Å². The summed E-state index contributed by atoms with van der Waals surface area (Å²) in [6.07, 6.45) is 0. The largest absolute Gasteiger partial charge is 0.478 e. The molecule has 0 aliphatic carbocycles. The van der Waals surface area contributed by atoms with Crippen LogP contribution >= 0.6 is 27.7 Å². The van der Waals surface area contributed by atoms with Gasteiger partial charge in [0.1, 0.15) is 5.82 Å². The molecule has 2 N–H and O–H groups in total. The van der Waals surface area contributed by atoms with Crippen molar-refractivity contribution in [3.8, 4) is 0 Å². The first-order valence-electron chi connectivity index (χ1n) is 4.65. The number of carbonyl (C=O) groups is 1. The van der Waals surface area contributed by atoms with Crippen LogP contribution in [0, 0.1) is 5.82 Å². The minimum Gasteiger partial charge on any atom is -0.478 e. The lowest BCUT2D eigenvalue weighted by Gasteiger charge is -2.26. The lowest BCUT2D eigenvalue weighted by atomic mass is 10.1. The van der Waals surface area contributed by atoms with Gasteiger partial charge in [-0.05, 0) is 28.9 Å². The Morgan fingerprint density at radius 3 is 3.06 bits per heavy atom. The minimum absolute atomic E-state index is 0.0187. The topological polar surface area (TPSA) is 49.3 Å². The molecular formula is C10H9BrFNO2S. The molecule has 0 saturated heterocycles. The summed E-state index contributed by atoms with van der Waals surface area (Å²) >= 11 is 4.60. The predicted molar refractivity (Wildman–Crippen MR) is 64.9 cm³/mol. The maximum atomic E-state index is 13.5. The van der Waals surface area contributed by atoms with Crippen LogP contribution in [0.4, 0.5) is 10.1 Å². The Kier molecular flexibility index (Phi) is 3.12. The molecule has 2 rings (SSSR count). The van der Waals surface area contributed by atoms with E-state index in [1.165, 1.54) is 11.8 Å². The van der Waals surface area contributed by atoms with Crippen molar-refractivity contribution in [1.29, 1.82) is 0 Å². The molecule has 1 aliphatic heterocycles. The van der Waals surface area contributed by atoms with Gasteiger partial charge in [0.15, 0.2) is 0 Å². The summed E-state index contributed by atoms with van der Waals surface area (Å²) in [5, 5.41) is 12.1. The number of carboxylic acids is 1. The van der Waals surface area contributed by atoms with Crippen LogP contribution in [0.5, 0.6) is 0 Å². The molecule has 86 valence electrons. The third-order valence-corrected chi connectivity index (χ3v) is 4.68. The van der Waals surface area contributed by atoms with Gasteiger partial charge in [0.2, 0.25) is 0 Å². The van der Waals surface area contributed by atoms with Crippen LogP contribution in [0.25, 0.3) is 0 Å². The summed E-state index contributed by atoms with van der Waals surface area (Å²) in [5.41, 5.74) is 0.485. The summed E-state index contributed by atoms with van der Waals surface area (Å²) < 4.78 is 13.8. The Labute approximate surface area is 105 Å². The van der Waals surface area contributed by atoms with E-state index in [-0.39, 0.29) is 11.6 Å². The zero-order chi connectivity index (χ0) is 11.9. The fourth-order valence-corrected chi connectivity index (χ4v) is 3.24. The first kappa shape index (κ1) is 11.7. The van der Waals surface area contributed by atoms with Gasteiger partial charge in [0.05, 0.1) is 15.7 Å². The van der Waals surface area contributed by atoms with E-state index in [2.05, 4.69) is 21.2 Å². The summed E-state index contributed by atoms with van der Waals surface area (Å²) in [6, 6.07) is 1.21. The number of benzene rings is 1. The number of hydrogen-bond donors (Lipinski definition) is 2. The molecule has 1 aromatic rings. The molecule has 6 heteroatoms. The van der Waals surface area contributed by atoms with Crippen molar-refractivity contribution in [3.63, 3.8) is 0 Å². The van der Waals surface area contributed by atoms with Crippen molar-refractivity contribution in [2.24, 2.45) is 0 Å². The van der Waals surface area contributed by atoms with Gasteiger partial charge in [-0.15, -0.1) is 11.8 Å². The molecule has 0 aromatic heterocycles. The monoisotopic (exact) mass is 305 g/mol. The van der Waals surface area contributed by atoms with Crippen LogP contribution in [0.3, 0.4) is 0 Å². The van der Waals surface area contributed by atoms with E-state index in [4.69, 9.17) is 5.11 Å². The Bertz CT molecular complexity index is 467. The highest BCUT2D eigenvalue weighted by Crippen LogP contribution is 2.42. The molecule has 0 unspecified atom stereocenters. The van der Waals surface area contributed by atoms with Crippen molar-refractivity contribution in [3.05, 3.63) is 21.9 Å². The molecule has 3 nitrogen and oxygen atoms in total. The van der Waals surface area contributed by atoms with Crippen LogP contribution in [-0.4, -0.2) is 22.9 Å². The van der Waals surface area contributed by atoms with Crippen molar-refractivity contribution in [2.75, 3.05) is 11.1 Å². The van der Waals surface area contributed by atoms with Crippen molar-refractivity contribution in [1.82, 2.24) is 0 Å². The molecule has 1 aliphatic rings. The second kappa shape index (κ2) is 4.25. The highest BCUT2D eigenvalue weighted by molar-refractivity contribution is 9.10. The molecule has 0 amide bonds. The zero-order valence-electron chi connectivity index (χ0n) is 8.38. The lowest BCUT2D eigenvalue weighted by molar-refractivity contribution is 0.0697. The molecule has 1 atom stereocenters. The Morgan fingerprint density at radius 1 is 1.75 bits per heavy atom. The number of hydrogen-bond acceptors (Lipinski definition) is 3. The number of aromatic carboxylic acids is 1. The number of anilines is 1. The molecule has 1 aromatic carbocycles. The standard InChI is InChI=1S/C10H9BrFNO2S/c1-4-3-16-9-7(11)6(12)2-5(10(14)15)8(9)13-4/h2,4,13H,3H2,1H3,(H,14,15)/t4-/m0/s1. The summed E-state index contributed by atoms with van der Waals surface area (Å²) in [6.45, 7) is 1.96. The summed E-state index contributed by atoms with van der Waals surface area (Å²) in [4.78, 5) is 11.6. The van der Waals surface area contributed by atoms with Crippen molar-refractivity contribution >= 4 is 39.3 Å². The van der Waals surface area contributed by atoms with Crippen LogP contribution in [0.1, 0.15) is 17.3 Å². The highest BCUT2D eigenvalue weighted by atomic mass is 79.9. The first-order valence-corrected chi connectivity index (χ1v) is 6.43. The van der Waals surface area contributed by atoms with E-state index in [9.17, 15) is 9.18 Å². The van der Waals surface area contributed by atoms with E-state index in [1.807, 2.05) is 6.92 Å². The van der Waals surface area contributed by atoms with Crippen molar-refractivity contribution in [2.45, 2.75) is 17.9 Å². The maximum Gasteiger partial charge on any atom is 0.337 e. The molecule has 0 saturated carbocycles. The number of nitrogens with one attached hydrogen (secondary N) is 1.